The molecule has 0 aliphatic carbocycles. The number of carbonyl (C=O) groups excluding carboxylic acids is 1. The second-order valence-corrected chi connectivity index (χ2v) is 7.18. The van der Waals surface area contributed by atoms with Gasteiger partial charge in [0.05, 0.1) is 5.39 Å². The summed E-state index contributed by atoms with van der Waals surface area (Å²) in [4.78, 5) is 26.9. The lowest BCUT2D eigenvalue weighted by Crippen LogP contribution is -2.46. The van der Waals surface area contributed by atoms with Crippen molar-refractivity contribution in [1.82, 2.24) is 14.9 Å². The summed E-state index contributed by atoms with van der Waals surface area (Å²) in [5.41, 5.74) is 1.03. The number of aromatic nitrogens is 2. The minimum atomic E-state index is 0.735. The fourth-order valence-corrected chi connectivity index (χ4v) is 3.90. The molecule has 24 heavy (non-hydrogen) atoms. The van der Waals surface area contributed by atoms with Crippen LogP contribution in [0.4, 0.5) is 5.82 Å². The summed E-state index contributed by atoms with van der Waals surface area (Å²) in [7, 11) is 0. The SMILES string of the molecule is Cc1cc2c(N3CCN(C=O)CC3)nc(-c3ccccc3)nc2s1. The van der Waals surface area contributed by atoms with Crippen molar-refractivity contribution < 1.29 is 4.79 Å². The fourth-order valence-electron chi connectivity index (χ4n) is 3.02. The van der Waals surface area contributed by atoms with Gasteiger partial charge < -0.3 is 9.80 Å². The normalized spacial score (nSPS) is 15.0. The number of benzene rings is 1. The first kappa shape index (κ1) is 15.1. The summed E-state index contributed by atoms with van der Waals surface area (Å²) in [6.45, 7) is 5.17. The molecule has 0 saturated carbocycles. The highest BCUT2D eigenvalue weighted by Gasteiger charge is 2.21. The number of rotatable bonds is 3. The molecule has 1 amide bonds. The summed E-state index contributed by atoms with van der Waals surface area (Å²) in [6, 6.07) is 12.2. The van der Waals surface area contributed by atoms with E-state index < -0.39 is 0 Å². The molecule has 1 aromatic carbocycles. The van der Waals surface area contributed by atoms with E-state index >= 15 is 0 Å². The summed E-state index contributed by atoms with van der Waals surface area (Å²) in [6.07, 6.45) is 0.928. The molecule has 5 nitrogen and oxygen atoms in total. The minimum absolute atomic E-state index is 0.735. The van der Waals surface area contributed by atoms with Crippen LogP contribution in [0, 0.1) is 6.92 Å². The smallest absolute Gasteiger partial charge is 0.209 e. The third kappa shape index (κ3) is 2.73. The fraction of sp³-hybridized carbons (Fsp3) is 0.278. The van der Waals surface area contributed by atoms with E-state index in [-0.39, 0.29) is 0 Å². The predicted molar refractivity (Wildman–Crippen MR) is 97.4 cm³/mol. The van der Waals surface area contributed by atoms with Crippen LogP contribution in [0.5, 0.6) is 0 Å². The van der Waals surface area contributed by atoms with E-state index in [2.05, 4.69) is 17.9 Å². The van der Waals surface area contributed by atoms with Crippen molar-refractivity contribution in [2.45, 2.75) is 6.92 Å². The zero-order valence-corrected chi connectivity index (χ0v) is 14.3. The second-order valence-electron chi connectivity index (χ2n) is 5.94. The third-order valence-corrected chi connectivity index (χ3v) is 5.24. The maximum Gasteiger partial charge on any atom is 0.209 e. The van der Waals surface area contributed by atoms with E-state index in [1.165, 1.54) is 4.88 Å². The summed E-state index contributed by atoms with van der Waals surface area (Å²) in [5, 5.41) is 1.11. The standard InChI is InChI=1S/C18H18N4OS/c1-13-11-15-17(22-9-7-21(12-23)8-10-22)19-16(20-18(15)24-13)14-5-3-2-4-6-14/h2-6,11-12H,7-10H2,1H3. The van der Waals surface area contributed by atoms with E-state index in [1.807, 2.05) is 35.2 Å². The molecule has 3 aromatic rings. The number of anilines is 1. The Morgan fingerprint density at radius 2 is 1.83 bits per heavy atom. The lowest BCUT2D eigenvalue weighted by Gasteiger charge is -2.33. The Morgan fingerprint density at radius 1 is 1.08 bits per heavy atom. The van der Waals surface area contributed by atoms with Crippen LogP contribution in [0.3, 0.4) is 0 Å². The molecule has 0 atom stereocenters. The van der Waals surface area contributed by atoms with Gasteiger partial charge in [-0.05, 0) is 13.0 Å². The second kappa shape index (κ2) is 6.20. The highest BCUT2D eigenvalue weighted by Crippen LogP contribution is 2.33. The first-order chi connectivity index (χ1) is 11.7. The number of fused-ring (bicyclic) bond motifs is 1. The number of aryl methyl sites for hydroxylation is 1. The number of nitrogens with zero attached hydrogens (tertiary/aromatic N) is 4. The van der Waals surface area contributed by atoms with Crippen molar-refractivity contribution in [2.24, 2.45) is 0 Å². The van der Waals surface area contributed by atoms with Crippen molar-refractivity contribution in [1.29, 1.82) is 0 Å². The monoisotopic (exact) mass is 338 g/mol. The average Bonchev–Trinajstić information content (AvgIpc) is 3.02. The van der Waals surface area contributed by atoms with E-state index in [0.29, 0.717) is 0 Å². The van der Waals surface area contributed by atoms with Crippen molar-refractivity contribution >= 4 is 33.8 Å². The van der Waals surface area contributed by atoms with Crippen molar-refractivity contribution in [3.8, 4) is 11.4 Å². The van der Waals surface area contributed by atoms with E-state index in [0.717, 1.165) is 60.0 Å². The molecule has 0 unspecified atom stereocenters. The van der Waals surface area contributed by atoms with E-state index in [9.17, 15) is 4.79 Å². The van der Waals surface area contributed by atoms with Gasteiger partial charge in [-0.3, -0.25) is 4.79 Å². The molecule has 0 radical (unpaired) electrons. The molecule has 1 saturated heterocycles. The van der Waals surface area contributed by atoms with Crippen LogP contribution in [-0.4, -0.2) is 47.5 Å². The van der Waals surface area contributed by atoms with Gasteiger partial charge in [0.2, 0.25) is 6.41 Å². The molecule has 1 fully saturated rings. The molecule has 2 aromatic heterocycles. The number of hydrogen-bond acceptors (Lipinski definition) is 5. The van der Waals surface area contributed by atoms with Gasteiger partial charge in [0, 0.05) is 36.6 Å². The number of hydrogen-bond donors (Lipinski definition) is 0. The molecular weight excluding hydrogens is 320 g/mol. The highest BCUT2D eigenvalue weighted by molar-refractivity contribution is 7.18. The minimum Gasteiger partial charge on any atom is -0.352 e. The maximum atomic E-state index is 10.9. The molecule has 1 aliphatic rings. The van der Waals surface area contributed by atoms with Gasteiger partial charge in [0.1, 0.15) is 10.6 Å². The Kier molecular flexibility index (Phi) is 3.90. The quantitative estimate of drug-likeness (QED) is 0.689. The van der Waals surface area contributed by atoms with Crippen LogP contribution >= 0.6 is 11.3 Å². The zero-order valence-electron chi connectivity index (χ0n) is 13.5. The van der Waals surface area contributed by atoms with Crippen molar-refractivity contribution in [2.75, 3.05) is 31.1 Å². The maximum absolute atomic E-state index is 10.9. The number of amides is 1. The van der Waals surface area contributed by atoms with Gasteiger partial charge in [-0.25, -0.2) is 9.97 Å². The van der Waals surface area contributed by atoms with Crippen LogP contribution in [-0.2, 0) is 4.79 Å². The lowest BCUT2D eigenvalue weighted by atomic mass is 10.2. The van der Waals surface area contributed by atoms with Crippen LogP contribution in [0.15, 0.2) is 36.4 Å². The predicted octanol–water partition coefficient (Wildman–Crippen LogP) is 2.95. The zero-order chi connectivity index (χ0) is 16.5. The number of piperazine rings is 1. The summed E-state index contributed by atoms with van der Waals surface area (Å²) in [5.74, 6) is 1.74. The molecule has 0 N–H and O–H groups in total. The average molecular weight is 338 g/mol. The molecule has 6 heteroatoms. The first-order valence-corrected chi connectivity index (χ1v) is 8.84. The van der Waals surface area contributed by atoms with E-state index in [1.54, 1.807) is 11.3 Å². The third-order valence-electron chi connectivity index (χ3n) is 4.29. The Balaban J connectivity index is 1.80. The molecule has 122 valence electrons. The molecule has 0 bridgehead atoms. The Bertz CT molecular complexity index is 869. The Hall–Kier alpha value is -2.47. The van der Waals surface area contributed by atoms with Crippen LogP contribution in [0.1, 0.15) is 4.88 Å². The van der Waals surface area contributed by atoms with Crippen LogP contribution in [0.25, 0.3) is 21.6 Å². The van der Waals surface area contributed by atoms with E-state index in [4.69, 9.17) is 9.97 Å². The van der Waals surface area contributed by atoms with Gasteiger partial charge in [0.25, 0.3) is 0 Å². The van der Waals surface area contributed by atoms with Gasteiger partial charge in [-0.1, -0.05) is 30.3 Å². The lowest BCUT2D eigenvalue weighted by molar-refractivity contribution is -0.118. The van der Waals surface area contributed by atoms with Crippen LogP contribution < -0.4 is 4.90 Å². The number of carbonyl (C=O) groups is 1. The van der Waals surface area contributed by atoms with Gasteiger partial charge in [-0.2, -0.15) is 0 Å². The van der Waals surface area contributed by atoms with Gasteiger partial charge in [-0.15, -0.1) is 11.3 Å². The molecule has 1 aliphatic heterocycles. The largest absolute Gasteiger partial charge is 0.352 e. The number of thiophene rings is 1. The van der Waals surface area contributed by atoms with Crippen molar-refractivity contribution in [3.63, 3.8) is 0 Å². The first-order valence-electron chi connectivity index (χ1n) is 8.02. The van der Waals surface area contributed by atoms with Gasteiger partial charge in [0.15, 0.2) is 5.82 Å². The molecule has 4 rings (SSSR count). The highest BCUT2D eigenvalue weighted by atomic mass is 32.1. The molecule has 3 heterocycles. The van der Waals surface area contributed by atoms with Gasteiger partial charge >= 0.3 is 0 Å². The van der Waals surface area contributed by atoms with Crippen LogP contribution in [0.2, 0.25) is 0 Å². The van der Waals surface area contributed by atoms with Crippen molar-refractivity contribution in [3.05, 3.63) is 41.3 Å². The molecule has 0 spiro atoms. The Labute approximate surface area is 144 Å². The molecular formula is C18H18N4OS. The summed E-state index contributed by atoms with van der Waals surface area (Å²) >= 11 is 1.70. The topological polar surface area (TPSA) is 49.3 Å². The summed E-state index contributed by atoms with van der Waals surface area (Å²) < 4.78 is 0. The Morgan fingerprint density at radius 3 is 2.54 bits per heavy atom.